The first-order chi connectivity index (χ1) is 16.1. The van der Waals surface area contributed by atoms with Crippen molar-refractivity contribution in [3.8, 4) is 0 Å². The highest BCUT2D eigenvalue weighted by atomic mass is 32.1. The van der Waals surface area contributed by atoms with Gasteiger partial charge in [-0.05, 0) is 120 Å². The van der Waals surface area contributed by atoms with Crippen LogP contribution in [0.2, 0.25) is 0 Å². The standard InChI is InChI=1S/C27H46N4O2S/c1-6-28-25(34)31(17-7-16-30(4)5)24(33)21-10-9-19-18-8-11-22-27(3,15-13-23(32)29-22)20(18)12-14-26(19,21)2/h18-22H,6-17H2,1-5H3,(H,28,34)(H,29,32)/t18-,19-,20+,21?,22?,26-,27+/m0/s1. The van der Waals surface area contributed by atoms with E-state index < -0.39 is 0 Å². The summed E-state index contributed by atoms with van der Waals surface area (Å²) in [5.41, 5.74) is 0.270. The van der Waals surface area contributed by atoms with Crippen LogP contribution in [0.25, 0.3) is 0 Å². The van der Waals surface area contributed by atoms with Crippen molar-refractivity contribution < 1.29 is 9.59 Å². The van der Waals surface area contributed by atoms with Crippen molar-refractivity contribution in [1.29, 1.82) is 0 Å². The average molecular weight is 491 g/mol. The monoisotopic (exact) mass is 490 g/mol. The molecule has 0 aromatic carbocycles. The van der Waals surface area contributed by atoms with E-state index >= 15 is 0 Å². The molecule has 4 rings (SSSR count). The number of nitrogens with one attached hydrogen (secondary N) is 2. The minimum absolute atomic E-state index is 0.0565. The molecular formula is C27H46N4O2S. The summed E-state index contributed by atoms with van der Waals surface area (Å²) in [5.74, 6) is 2.49. The highest BCUT2D eigenvalue weighted by molar-refractivity contribution is 7.80. The van der Waals surface area contributed by atoms with E-state index in [0.29, 0.717) is 41.9 Å². The van der Waals surface area contributed by atoms with Crippen LogP contribution >= 0.6 is 12.2 Å². The fraction of sp³-hybridized carbons (Fsp3) is 0.889. The SMILES string of the molecule is CCNC(=S)N(CCCN(C)C)C(=O)C1CC[C@H]2[C@@H]3CCC4NC(=O)CC[C@]4(C)[C@@H]3CC[C@]12C. The normalized spacial score (nSPS) is 39.0. The van der Waals surface area contributed by atoms with E-state index in [2.05, 4.69) is 43.5 Å². The Kier molecular flexibility index (Phi) is 7.64. The van der Waals surface area contributed by atoms with Gasteiger partial charge in [0.1, 0.15) is 0 Å². The van der Waals surface area contributed by atoms with Crippen molar-refractivity contribution in [2.45, 2.75) is 84.6 Å². The number of rotatable bonds is 6. The number of hydrogen-bond acceptors (Lipinski definition) is 4. The van der Waals surface area contributed by atoms with Gasteiger partial charge in [0.2, 0.25) is 11.8 Å². The molecule has 1 heterocycles. The molecule has 3 aliphatic carbocycles. The Balaban J connectivity index is 1.51. The lowest BCUT2D eigenvalue weighted by molar-refractivity contribution is -0.145. The Morgan fingerprint density at radius 2 is 1.79 bits per heavy atom. The smallest absolute Gasteiger partial charge is 0.232 e. The second-order valence-electron chi connectivity index (χ2n) is 12.2. The van der Waals surface area contributed by atoms with Gasteiger partial charge in [0.15, 0.2) is 5.11 Å². The van der Waals surface area contributed by atoms with Gasteiger partial charge in [-0.15, -0.1) is 0 Å². The Morgan fingerprint density at radius 3 is 2.50 bits per heavy atom. The maximum Gasteiger partial charge on any atom is 0.232 e. The second-order valence-corrected chi connectivity index (χ2v) is 12.6. The van der Waals surface area contributed by atoms with E-state index in [1.807, 2.05) is 11.8 Å². The number of nitrogens with zero attached hydrogens (tertiary/aromatic N) is 2. The number of carbonyl (C=O) groups excluding carboxylic acids is 2. The van der Waals surface area contributed by atoms with Crippen molar-refractivity contribution in [1.82, 2.24) is 20.4 Å². The van der Waals surface area contributed by atoms with Crippen LogP contribution in [-0.2, 0) is 9.59 Å². The van der Waals surface area contributed by atoms with Crippen LogP contribution in [0.3, 0.4) is 0 Å². The molecule has 192 valence electrons. The molecular weight excluding hydrogens is 444 g/mol. The number of amides is 2. The first-order valence-corrected chi connectivity index (χ1v) is 14.1. The van der Waals surface area contributed by atoms with Crippen molar-refractivity contribution in [2.75, 3.05) is 33.7 Å². The molecule has 0 aromatic rings. The molecule has 0 spiro atoms. The summed E-state index contributed by atoms with van der Waals surface area (Å²) in [5, 5.41) is 7.17. The molecule has 2 unspecified atom stereocenters. The Hall–Kier alpha value is -1.21. The first-order valence-electron chi connectivity index (χ1n) is 13.6. The summed E-state index contributed by atoms with van der Waals surface area (Å²) in [6.07, 6.45) is 9.33. The quantitative estimate of drug-likeness (QED) is 0.555. The Labute approximate surface area is 212 Å². The van der Waals surface area contributed by atoms with Crippen LogP contribution in [0.1, 0.15) is 78.6 Å². The van der Waals surface area contributed by atoms with Crippen LogP contribution in [0.5, 0.6) is 0 Å². The zero-order valence-corrected chi connectivity index (χ0v) is 22.8. The average Bonchev–Trinajstić information content (AvgIpc) is 3.14. The zero-order valence-electron chi connectivity index (χ0n) is 22.0. The molecule has 4 aliphatic rings. The molecule has 3 saturated carbocycles. The van der Waals surface area contributed by atoms with Gasteiger partial charge in [0, 0.05) is 31.5 Å². The van der Waals surface area contributed by atoms with E-state index in [-0.39, 0.29) is 28.6 Å². The maximum atomic E-state index is 14.0. The molecule has 4 fully saturated rings. The molecule has 2 amide bonds. The van der Waals surface area contributed by atoms with Gasteiger partial charge >= 0.3 is 0 Å². The third-order valence-corrected chi connectivity index (χ3v) is 10.6. The summed E-state index contributed by atoms with van der Waals surface area (Å²) in [6.45, 7) is 9.26. The van der Waals surface area contributed by atoms with Gasteiger partial charge in [-0.2, -0.15) is 0 Å². The maximum absolute atomic E-state index is 14.0. The molecule has 0 radical (unpaired) electrons. The zero-order chi connectivity index (χ0) is 24.7. The highest BCUT2D eigenvalue weighted by Gasteiger charge is 2.61. The molecule has 1 saturated heterocycles. The Morgan fingerprint density at radius 1 is 1.06 bits per heavy atom. The minimum atomic E-state index is 0.0565. The van der Waals surface area contributed by atoms with Gasteiger partial charge in [-0.3, -0.25) is 14.5 Å². The predicted molar refractivity (Wildman–Crippen MR) is 140 cm³/mol. The van der Waals surface area contributed by atoms with Crippen LogP contribution in [0.4, 0.5) is 0 Å². The van der Waals surface area contributed by atoms with Crippen molar-refractivity contribution in [3.05, 3.63) is 0 Å². The second kappa shape index (κ2) is 10.0. The minimum Gasteiger partial charge on any atom is -0.362 e. The third-order valence-electron chi connectivity index (χ3n) is 10.2. The van der Waals surface area contributed by atoms with E-state index in [1.165, 1.54) is 12.8 Å². The summed E-state index contributed by atoms with van der Waals surface area (Å²) < 4.78 is 0. The molecule has 34 heavy (non-hydrogen) atoms. The number of fused-ring (bicyclic) bond motifs is 5. The number of hydrogen-bond donors (Lipinski definition) is 2. The number of thiocarbonyl (C=S) groups is 1. The lowest BCUT2D eigenvalue weighted by Gasteiger charge is -2.60. The third kappa shape index (κ3) is 4.52. The van der Waals surface area contributed by atoms with E-state index in [0.717, 1.165) is 51.6 Å². The number of piperidine rings is 1. The van der Waals surface area contributed by atoms with Gasteiger partial charge in [-0.1, -0.05) is 13.8 Å². The summed E-state index contributed by atoms with van der Waals surface area (Å²) in [4.78, 5) is 30.2. The van der Waals surface area contributed by atoms with Crippen molar-refractivity contribution >= 4 is 29.1 Å². The molecule has 0 aromatic heterocycles. The van der Waals surface area contributed by atoms with Crippen LogP contribution in [0, 0.1) is 34.5 Å². The fourth-order valence-electron chi connectivity index (χ4n) is 8.40. The van der Waals surface area contributed by atoms with Crippen LogP contribution < -0.4 is 10.6 Å². The molecule has 2 N–H and O–H groups in total. The van der Waals surface area contributed by atoms with E-state index in [1.54, 1.807) is 0 Å². The fourth-order valence-corrected chi connectivity index (χ4v) is 8.73. The molecule has 6 nitrogen and oxygen atoms in total. The number of carbonyl (C=O) groups is 2. The van der Waals surface area contributed by atoms with E-state index in [4.69, 9.17) is 12.2 Å². The topological polar surface area (TPSA) is 64.7 Å². The van der Waals surface area contributed by atoms with Crippen molar-refractivity contribution in [2.24, 2.45) is 34.5 Å². The van der Waals surface area contributed by atoms with Crippen LogP contribution in [-0.4, -0.2) is 66.5 Å². The van der Waals surface area contributed by atoms with Gasteiger partial charge in [0.05, 0.1) is 0 Å². The summed E-state index contributed by atoms with van der Waals surface area (Å²) in [7, 11) is 4.14. The van der Waals surface area contributed by atoms with Gasteiger partial charge < -0.3 is 15.5 Å². The van der Waals surface area contributed by atoms with E-state index in [9.17, 15) is 9.59 Å². The van der Waals surface area contributed by atoms with Gasteiger partial charge in [-0.25, -0.2) is 0 Å². The van der Waals surface area contributed by atoms with Crippen LogP contribution in [0.15, 0.2) is 0 Å². The first kappa shape index (κ1) is 25.9. The largest absolute Gasteiger partial charge is 0.362 e. The molecule has 0 bridgehead atoms. The highest BCUT2D eigenvalue weighted by Crippen LogP contribution is 2.65. The summed E-state index contributed by atoms with van der Waals surface area (Å²) >= 11 is 5.67. The molecule has 1 aliphatic heterocycles. The molecule has 7 heteroatoms. The van der Waals surface area contributed by atoms with Gasteiger partial charge in [0.25, 0.3) is 0 Å². The summed E-state index contributed by atoms with van der Waals surface area (Å²) in [6, 6.07) is 0.336. The van der Waals surface area contributed by atoms with Crippen molar-refractivity contribution in [3.63, 3.8) is 0 Å². The Bertz CT molecular complexity index is 803. The lowest BCUT2D eigenvalue weighted by atomic mass is 9.47. The molecule has 7 atom stereocenters. The lowest BCUT2D eigenvalue weighted by Crippen LogP contribution is -2.61. The predicted octanol–water partition coefficient (Wildman–Crippen LogP) is 3.80.